The number of carbonyl (C=O) groups excluding carboxylic acids is 1. The van der Waals surface area contributed by atoms with Crippen LogP contribution in [0.5, 0.6) is 0 Å². The van der Waals surface area contributed by atoms with Gasteiger partial charge in [-0.1, -0.05) is 35.8 Å². The van der Waals surface area contributed by atoms with E-state index in [2.05, 4.69) is 21.2 Å². The summed E-state index contributed by atoms with van der Waals surface area (Å²) in [5.41, 5.74) is 4.86. The number of alkyl halides is 3. The maximum atomic E-state index is 12.9. The first-order chi connectivity index (χ1) is 9.12. The van der Waals surface area contributed by atoms with Gasteiger partial charge in [-0.15, -0.1) is 12.4 Å². The summed E-state index contributed by atoms with van der Waals surface area (Å²) in [6, 6.07) is 3.08. The molecule has 0 saturated heterocycles. The quantitative estimate of drug-likeness (QED) is 0.828. The zero-order valence-electron chi connectivity index (χ0n) is 11.5. The van der Waals surface area contributed by atoms with Crippen LogP contribution in [0.2, 0.25) is 0 Å². The Morgan fingerprint density at radius 1 is 1.38 bits per heavy atom. The lowest BCUT2D eigenvalue weighted by atomic mass is 10.0. The van der Waals surface area contributed by atoms with Crippen molar-refractivity contribution in [3.8, 4) is 0 Å². The molecule has 0 fully saturated rings. The first-order valence-electron chi connectivity index (χ1n) is 6.02. The number of hydrogen-bond acceptors (Lipinski definition) is 2. The molecule has 1 amide bonds. The molecule has 1 aromatic rings. The second kappa shape index (κ2) is 8.00. The number of carbonyl (C=O) groups is 1. The zero-order valence-corrected chi connectivity index (χ0v) is 13.9. The Labute approximate surface area is 136 Å². The Bertz CT molecular complexity index is 495. The van der Waals surface area contributed by atoms with Gasteiger partial charge in [0, 0.05) is 11.0 Å². The van der Waals surface area contributed by atoms with Crippen molar-refractivity contribution in [1.82, 2.24) is 5.32 Å². The van der Waals surface area contributed by atoms with Crippen LogP contribution in [0.25, 0.3) is 0 Å². The zero-order chi connectivity index (χ0) is 15.5. The molecule has 21 heavy (non-hydrogen) atoms. The smallest absolute Gasteiger partial charge is 0.351 e. The van der Waals surface area contributed by atoms with Crippen molar-refractivity contribution in [2.75, 3.05) is 0 Å². The van der Waals surface area contributed by atoms with Gasteiger partial charge >= 0.3 is 6.18 Å². The second-order valence-corrected chi connectivity index (χ2v) is 5.70. The Balaban J connectivity index is 0.00000400. The lowest BCUT2D eigenvalue weighted by Gasteiger charge is -2.17. The van der Waals surface area contributed by atoms with Crippen molar-refractivity contribution in [2.45, 2.75) is 32.6 Å². The fourth-order valence-electron chi connectivity index (χ4n) is 1.57. The lowest BCUT2D eigenvalue weighted by Crippen LogP contribution is -2.43. The molecule has 0 aliphatic rings. The Morgan fingerprint density at radius 3 is 2.43 bits per heavy atom. The summed E-state index contributed by atoms with van der Waals surface area (Å²) in [5.74, 6) is -0.543. The molecule has 1 aromatic carbocycles. The van der Waals surface area contributed by atoms with Crippen LogP contribution in [-0.4, -0.2) is 11.9 Å². The summed E-state index contributed by atoms with van der Waals surface area (Å²) in [5, 5.41) is 2.43. The third kappa shape index (κ3) is 5.84. The molecule has 3 nitrogen and oxygen atoms in total. The van der Waals surface area contributed by atoms with Crippen molar-refractivity contribution < 1.29 is 18.0 Å². The van der Waals surface area contributed by atoms with Crippen LogP contribution < -0.4 is 11.1 Å². The van der Waals surface area contributed by atoms with Crippen LogP contribution in [0.15, 0.2) is 22.7 Å². The van der Waals surface area contributed by atoms with Gasteiger partial charge in [-0.05, 0) is 23.6 Å². The van der Waals surface area contributed by atoms with Crippen molar-refractivity contribution in [3.05, 3.63) is 33.8 Å². The molecule has 3 N–H and O–H groups in total. The average Bonchev–Trinajstić information content (AvgIpc) is 2.34. The SMILES string of the molecule is CC(C)[C@H](N)C(=O)NCc1ccc(Br)cc1C(F)(F)F.Cl. The van der Waals surface area contributed by atoms with Gasteiger partial charge in [-0.25, -0.2) is 0 Å². The summed E-state index contributed by atoms with van der Waals surface area (Å²) in [4.78, 5) is 11.7. The van der Waals surface area contributed by atoms with Gasteiger partial charge in [-0.2, -0.15) is 13.2 Å². The molecular weight excluding hydrogens is 373 g/mol. The first kappa shape index (κ1) is 20.2. The highest BCUT2D eigenvalue weighted by Crippen LogP contribution is 2.33. The molecular formula is C13H17BrClF3N2O. The monoisotopic (exact) mass is 388 g/mol. The van der Waals surface area contributed by atoms with Gasteiger partial charge in [0.2, 0.25) is 5.91 Å². The molecule has 0 unspecified atom stereocenters. The predicted octanol–water partition coefficient (Wildman–Crippen LogP) is 3.49. The molecule has 8 heteroatoms. The molecule has 0 heterocycles. The third-order valence-electron chi connectivity index (χ3n) is 2.85. The minimum absolute atomic E-state index is 0. The molecule has 0 aliphatic carbocycles. The molecule has 0 spiro atoms. The van der Waals surface area contributed by atoms with E-state index in [1.165, 1.54) is 12.1 Å². The van der Waals surface area contributed by atoms with Crippen LogP contribution in [0.1, 0.15) is 25.0 Å². The first-order valence-corrected chi connectivity index (χ1v) is 6.81. The number of amides is 1. The minimum atomic E-state index is -4.47. The number of nitrogens with one attached hydrogen (secondary N) is 1. The van der Waals surface area contributed by atoms with E-state index in [4.69, 9.17) is 5.73 Å². The van der Waals surface area contributed by atoms with Gasteiger partial charge in [-0.3, -0.25) is 4.79 Å². The van der Waals surface area contributed by atoms with Crippen molar-refractivity contribution in [1.29, 1.82) is 0 Å². The van der Waals surface area contributed by atoms with E-state index in [0.29, 0.717) is 4.47 Å². The highest BCUT2D eigenvalue weighted by Gasteiger charge is 2.33. The highest BCUT2D eigenvalue weighted by molar-refractivity contribution is 9.10. The van der Waals surface area contributed by atoms with Crippen LogP contribution in [0.3, 0.4) is 0 Å². The summed E-state index contributed by atoms with van der Waals surface area (Å²) in [6.45, 7) is 3.33. The van der Waals surface area contributed by atoms with Crippen LogP contribution in [0, 0.1) is 5.92 Å². The molecule has 120 valence electrons. The molecule has 0 aromatic heterocycles. The minimum Gasteiger partial charge on any atom is -0.351 e. The Hall–Kier alpha value is -0.790. The molecule has 0 bridgehead atoms. The Morgan fingerprint density at radius 2 is 1.95 bits per heavy atom. The van der Waals surface area contributed by atoms with Gasteiger partial charge in [0.05, 0.1) is 11.6 Å². The molecule has 0 saturated carbocycles. The normalized spacial score (nSPS) is 12.8. The van der Waals surface area contributed by atoms with Crippen molar-refractivity contribution in [2.24, 2.45) is 11.7 Å². The topological polar surface area (TPSA) is 55.1 Å². The Kier molecular flexibility index (Phi) is 7.70. The van der Waals surface area contributed by atoms with Crippen LogP contribution in [0.4, 0.5) is 13.2 Å². The highest BCUT2D eigenvalue weighted by atomic mass is 79.9. The van der Waals surface area contributed by atoms with Crippen molar-refractivity contribution in [3.63, 3.8) is 0 Å². The van der Waals surface area contributed by atoms with E-state index in [1.807, 2.05) is 0 Å². The standard InChI is InChI=1S/C13H16BrF3N2O.ClH/c1-7(2)11(18)12(20)19-6-8-3-4-9(14)5-10(8)13(15,16)17;/h3-5,7,11H,6,18H2,1-2H3,(H,19,20);1H/t11-;/m0./s1. The number of benzene rings is 1. The summed E-state index contributed by atoms with van der Waals surface area (Å²) in [6.07, 6.45) is -4.47. The second-order valence-electron chi connectivity index (χ2n) is 4.79. The summed E-state index contributed by atoms with van der Waals surface area (Å²) < 4.78 is 39.0. The van der Waals surface area contributed by atoms with Crippen molar-refractivity contribution >= 4 is 34.2 Å². The lowest BCUT2D eigenvalue weighted by molar-refractivity contribution is -0.138. The third-order valence-corrected chi connectivity index (χ3v) is 3.34. The largest absolute Gasteiger partial charge is 0.416 e. The van der Waals surface area contributed by atoms with E-state index >= 15 is 0 Å². The number of halogens is 5. The van der Waals surface area contributed by atoms with E-state index in [1.54, 1.807) is 13.8 Å². The summed E-state index contributed by atoms with van der Waals surface area (Å²) in [7, 11) is 0. The maximum Gasteiger partial charge on any atom is 0.416 e. The molecule has 0 aliphatic heterocycles. The summed E-state index contributed by atoms with van der Waals surface area (Å²) >= 11 is 3.00. The molecule has 1 rings (SSSR count). The van der Waals surface area contributed by atoms with Gasteiger partial charge in [0.25, 0.3) is 0 Å². The molecule has 0 radical (unpaired) electrons. The van der Waals surface area contributed by atoms with E-state index in [-0.39, 0.29) is 30.4 Å². The van der Waals surface area contributed by atoms with Gasteiger partial charge < -0.3 is 11.1 Å². The van der Waals surface area contributed by atoms with E-state index < -0.39 is 23.7 Å². The van der Waals surface area contributed by atoms with E-state index in [0.717, 1.165) is 6.07 Å². The predicted molar refractivity (Wildman–Crippen MR) is 81.1 cm³/mol. The van der Waals surface area contributed by atoms with Crippen LogP contribution >= 0.6 is 28.3 Å². The number of hydrogen-bond donors (Lipinski definition) is 2. The number of nitrogens with two attached hydrogens (primary N) is 1. The van der Waals surface area contributed by atoms with Gasteiger partial charge in [0.1, 0.15) is 0 Å². The van der Waals surface area contributed by atoms with E-state index in [9.17, 15) is 18.0 Å². The van der Waals surface area contributed by atoms with Gasteiger partial charge in [0.15, 0.2) is 0 Å². The fourth-order valence-corrected chi connectivity index (χ4v) is 1.93. The maximum absolute atomic E-state index is 12.9. The van der Waals surface area contributed by atoms with Crippen LogP contribution in [-0.2, 0) is 17.5 Å². The molecule has 1 atom stereocenters. The number of rotatable bonds is 4. The average molecular weight is 390 g/mol. The fraction of sp³-hybridized carbons (Fsp3) is 0.462.